The molecule has 5 fully saturated rings. The van der Waals surface area contributed by atoms with Gasteiger partial charge in [-0.15, -0.1) is 0 Å². The van der Waals surface area contributed by atoms with E-state index in [2.05, 4.69) is 36.9 Å². The van der Waals surface area contributed by atoms with E-state index in [1.807, 2.05) is 0 Å². The van der Waals surface area contributed by atoms with Gasteiger partial charge in [0.1, 0.15) is 110 Å². The monoisotopic (exact) mass is 1760 g/mol. The fourth-order valence-corrected chi connectivity index (χ4v) is 12.5. The quantitative estimate of drug-likeness (QED) is 0.00399. The Balaban J connectivity index is 0.0000242. The van der Waals surface area contributed by atoms with E-state index < -0.39 is 286 Å². The maximum Gasteiger partial charge on any atom is 1.00 e. The van der Waals surface area contributed by atoms with Crippen molar-refractivity contribution in [2.75, 3.05) is 46.2 Å². The summed E-state index contributed by atoms with van der Waals surface area (Å²) in [6.07, 6.45) is -56.3. The Morgan fingerprint density at radius 1 is 0.396 bits per heavy atom. The van der Waals surface area contributed by atoms with E-state index in [0.29, 0.717) is 32.3 Å². The Hall–Kier alpha value is 0.0700. The molecule has 614 valence electrons. The molecule has 49 nitrogen and oxygen atoms in total. The average Bonchev–Trinajstić information content (AvgIpc) is 0.761. The van der Waals surface area contributed by atoms with Gasteiger partial charge >= 0.3 is 166 Å². The van der Waals surface area contributed by atoms with Gasteiger partial charge in [0.05, 0.1) is 45.7 Å². The van der Waals surface area contributed by atoms with Crippen LogP contribution in [0, 0.1) is 0 Å². The van der Waals surface area contributed by atoms with E-state index >= 15 is 0 Å². The first-order valence-corrected chi connectivity index (χ1v) is 38.2. The van der Waals surface area contributed by atoms with Crippen LogP contribution in [0.1, 0.15) is 80.1 Å². The summed E-state index contributed by atoms with van der Waals surface area (Å²) in [6, 6.07) is -6.63. The van der Waals surface area contributed by atoms with Gasteiger partial charge in [0.15, 0.2) is 49.6 Å². The molecule has 5 saturated heterocycles. The molecule has 0 radical (unpaired) electrons. The zero-order chi connectivity index (χ0) is 79.7. The van der Waals surface area contributed by atoms with Gasteiger partial charge < -0.3 is 136 Å². The molecule has 25 atom stereocenters. The minimum Gasteiger partial charge on any atom is -0.726 e. The standard InChI is InChI=1S/C52H85N3O46S5.5Na/c1-7-10-13-84-28(60)16-24(17-56)90-48-30(54-22(5)58)34(63)38(26(92-48)19-88-103(72,73)74)94-51-43(101-106(81,82)83)37(66)41(45(99-51)47(68)86-15-12-9-3)97-50-31(55-23(6)59)35(64)39(27(93-50)20-89-104(75,76)77)95-52-42(100-105(78,79)80)36(65)40(44(98-52)46(67)85-14-11-8-2)96-49-29(53-21(4)57)33(62)32(61)25(91-49)18-87-102(69,70)71;;;;;/h16,25-27,29-45,48-52,56,61-66H,7-15,17-20H2,1-6H3,(H,53,57)(H,54,58)(H,55,59)(H,69,70,71)(H,72,73,74)(H,75,76,77)(H,78,79,80)(H,81,82,83);;;;;/q;5*+1/p-5/b24-16+;;;;;. The van der Waals surface area contributed by atoms with Crippen molar-refractivity contribution in [3.63, 3.8) is 0 Å². The summed E-state index contributed by atoms with van der Waals surface area (Å²) >= 11 is 0. The number of amides is 3. The van der Waals surface area contributed by atoms with Crippen molar-refractivity contribution in [2.45, 2.75) is 233 Å². The van der Waals surface area contributed by atoms with E-state index in [1.165, 1.54) is 0 Å². The number of nitrogens with one attached hydrogen (secondary N) is 3. The Kier molecular flexibility index (Phi) is 50.5. The van der Waals surface area contributed by atoms with Crippen LogP contribution >= 0.6 is 0 Å². The van der Waals surface area contributed by atoms with Crippen LogP contribution in [0.5, 0.6) is 0 Å². The predicted octanol–water partition coefficient (Wildman–Crippen LogP) is -25.1. The second kappa shape index (κ2) is 50.5. The SMILES string of the molecule is CCCCOC(=O)/C=C(\CO)OC1OC(COS(=O)(=O)[O-])C(OC2OC(C(=O)OCCCC)C(OC3OC(COS(=O)(=O)[O-])C(OC4OC(C(=O)OCCCC)C(OC5OC(COS(=O)(=O)[O-])C(O)C(O)C5NC(C)=O)C(O)C4OS(=O)(=O)[O-])C(O)C3NC(C)=O)C(O)C2OS(=O)(=O)[O-])C(O)C1NC(C)=O.[Na+].[Na+].[Na+].[Na+].[Na+]. The number of esters is 3. The normalized spacial score (nSPS) is 32.7. The van der Waals surface area contributed by atoms with Crippen molar-refractivity contribution in [1.82, 2.24) is 16.0 Å². The van der Waals surface area contributed by atoms with Crippen molar-refractivity contribution in [2.24, 2.45) is 0 Å². The predicted molar refractivity (Wildman–Crippen MR) is 322 cm³/mol. The van der Waals surface area contributed by atoms with Crippen LogP contribution in [0.25, 0.3) is 0 Å². The first-order chi connectivity index (χ1) is 49.2. The van der Waals surface area contributed by atoms with E-state index in [4.69, 9.17) is 61.6 Å². The molecule has 0 aliphatic carbocycles. The van der Waals surface area contributed by atoms with Crippen LogP contribution in [0.4, 0.5) is 0 Å². The maximum absolute atomic E-state index is 14.3. The fourth-order valence-electron chi connectivity index (χ4n) is 10.7. The summed E-state index contributed by atoms with van der Waals surface area (Å²) < 4.78 is 277. The maximum atomic E-state index is 14.3. The molecule has 0 bridgehead atoms. The van der Waals surface area contributed by atoms with Crippen molar-refractivity contribution >= 4 is 87.6 Å². The summed E-state index contributed by atoms with van der Waals surface area (Å²) in [5, 5.41) is 87.3. The zero-order valence-electron chi connectivity index (χ0n) is 61.3. The number of unbranched alkanes of at least 4 members (excludes halogenated alkanes) is 3. The van der Waals surface area contributed by atoms with Gasteiger partial charge in [-0.1, -0.05) is 40.0 Å². The molecule has 25 unspecified atom stereocenters. The number of carbonyl (C=O) groups excluding carboxylic acids is 6. The van der Waals surface area contributed by atoms with Gasteiger partial charge in [0.2, 0.25) is 76.0 Å². The largest absolute Gasteiger partial charge is 1.00 e. The Labute approximate surface area is 746 Å². The first kappa shape index (κ1) is 111. The molecule has 5 heterocycles. The average molecular weight is 1760 g/mol. The molecule has 5 aliphatic heterocycles. The zero-order valence-corrected chi connectivity index (χ0v) is 75.4. The number of rotatable bonds is 39. The minimum atomic E-state index is -6.30. The summed E-state index contributed by atoms with van der Waals surface area (Å²) in [5.41, 5.74) is 0. The van der Waals surface area contributed by atoms with E-state index in [1.54, 1.807) is 20.8 Å². The Morgan fingerprint density at radius 2 is 0.712 bits per heavy atom. The van der Waals surface area contributed by atoms with Crippen LogP contribution in [0.2, 0.25) is 0 Å². The third-order valence-corrected chi connectivity index (χ3v) is 17.5. The van der Waals surface area contributed by atoms with Gasteiger partial charge in [-0.2, -0.15) is 0 Å². The molecule has 0 saturated carbocycles. The molecule has 10 N–H and O–H groups in total. The number of aliphatic hydroxyl groups excluding tert-OH is 7. The topological polar surface area (TPSA) is 732 Å². The van der Waals surface area contributed by atoms with E-state index in [9.17, 15) is 129 Å². The van der Waals surface area contributed by atoms with Gasteiger partial charge in [-0.25, -0.2) is 56.5 Å². The van der Waals surface area contributed by atoms with Crippen LogP contribution < -0.4 is 164 Å². The number of hydrogen-bond donors (Lipinski definition) is 10. The summed E-state index contributed by atoms with van der Waals surface area (Å²) in [4.78, 5) is 79.3. The Morgan fingerprint density at radius 3 is 1.05 bits per heavy atom. The third kappa shape index (κ3) is 36.0. The second-order valence-electron chi connectivity index (χ2n) is 23.5. The molecule has 5 rings (SSSR count). The molecule has 0 spiro atoms. The summed E-state index contributed by atoms with van der Waals surface area (Å²) in [6.45, 7) is 0.134. The number of ether oxygens (including phenoxy) is 13. The molecule has 0 aromatic rings. The van der Waals surface area contributed by atoms with Crippen LogP contribution in [-0.2, 0) is 163 Å². The van der Waals surface area contributed by atoms with Gasteiger partial charge in [-0.3, -0.25) is 35.3 Å². The van der Waals surface area contributed by atoms with Crippen LogP contribution in [0.15, 0.2) is 11.8 Å². The smallest absolute Gasteiger partial charge is 0.726 e. The number of aliphatic hydroxyl groups is 7. The van der Waals surface area contributed by atoms with E-state index in [-0.39, 0.29) is 174 Å². The van der Waals surface area contributed by atoms with E-state index in [0.717, 1.165) is 13.8 Å². The molecular weight excluding hydrogens is 1680 g/mol. The van der Waals surface area contributed by atoms with Crippen molar-refractivity contribution in [1.29, 1.82) is 0 Å². The second-order valence-corrected chi connectivity index (χ2v) is 28.6. The summed E-state index contributed by atoms with van der Waals surface area (Å²) in [5.74, 6) is -8.57. The molecule has 0 aromatic heterocycles. The third-order valence-electron chi connectivity index (χ3n) is 15.3. The van der Waals surface area contributed by atoms with Crippen molar-refractivity contribution in [3.8, 4) is 0 Å². The first-order valence-electron chi connectivity index (χ1n) is 31.6. The van der Waals surface area contributed by atoms with Crippen molar-refractivity contribution < 1.29 is 360 Å². The van der Waals surface area contributed by atoms with Gasteiger partial charge in [-0.05, 0) is 19.3 Å². The summed E-state index contributed by atoms with van der Waals surface area (Å²) in [7, 11) is -30.0. The van der Waals surface area contributed by atoms with Gasteiger partial charge in [0.25, 0.3) is 0 Å². The van der Waals surface area contributed by atoms with Gasteiger partial charge in [0, 0.05) is 20.8 Å². The minimum absolute atomic E-state index is 0. The molecular formula is C52H80N3Na5O46S5. The van der Waals surface area contributed by atoms with Crippen molar-refractivity contribution in [3.05, 3.63) is 11.8 Å². The molecule has 3 amide bonds. The number of hydrogen-bond acceptors (Lipinski definition) is 46. The Bertz CT molecular complexity index is 3590. The van der Waals surface area contributed by atoms with Crippen LogP contribution in [-0.4, -0.2) is 336 Å². The molecule has 59 heteroatoms. The van der Waals surface area contributed by atoms with Crippen LogP contribution in [0.3, 0.4) is 0 Å². The number of carbonyl (C=O) groups is 6. The molecule has 5 aliphatic rings. The molecule has 0 aromatic carbocycles. The fraction of sp³-hybridized carbons (Fsp3) is 0.846. The molecule has 111 heavy (non-hydrogen) atoms.